The van der Waals surface area contributed by atoms with Crippen LogP contribution in [0.4, 0.5) is 10.5 Å². The van der Waals surface area contributed by atoms with Crippen molar-refractivity contribution in [2.45, 2.75) is 6.10 Å². The molecule has 7 nitrogen and oxygen atoms in total. The van der Waals surface area contributed by atoms with Crippen LogP contribution < -0.4 is 9.64 Å². The molecule has 1 atom stereocenters. The fraction of sp³-hybridized carbons (Fsp3) is 0.588. The van der Waals surface area contributed by atoms with Crippen LogP contribution in [0, 0.1) is 0 Å². The van der Waals surface area contributed by atoms with Crippen LogP contribution in [0.25, 0.3) is 0 Å². The molecule has 0 bridgehead atoms. The Balaban J connectivity index is 2.58. The van der Waals surface area contributed by atoms with Gasteiger partial charge in [0.2, 0.25) is 0 Å². The number of nitrogens with zero attached hydrogens (tertiary/aromatic N) is 3. The highest BCUT2D eigenvalue weighted by atomic mass is 16.5. The van der Waals surface area contributed by atoms with E-state index in [1.807, 2.05) is 43.3 Å². The highest BCUT2D eigenvalue weighted by Crippen LogP contribution is 2.19. The predicted octanol–water partition coefficient (Wildman–Crippen LogP) is 1.12. The third-order valence-electron chi connectivity index (χ3n) is 3.45. The minimum atomic E-state index is -0.584. The lowest BCUT2D eigenvalue weighted by Gasteiger charge is -2.27. The van der Waals surface area contributed by atoms with Crippen molar-refractivity contribution >= 4 is 11.7 Å². The second-order valence-corrected chi connectivity index (χ2v) is 5.97. The van der Waals surface area contributed by atoms with Crippen molar-refractivity contribution < 1.29 is 19.4 Å². The highest BCUT2D eigenvalue weighted by molar-refractivity contribution is 5.91. The van der Waals surface area contributed by atoms with Crippen LogP contribution in [0.1, 0.15) is 0 Å². The van der Waals surface area contributed by atoms with Crippen LogP contribution in [0.15, 0.2) is 24.3 Å². The van der Waals surface area contributed by atoms with Gasteiger partial charge in [-0.1, -0.05) is 0 Å². The quantitative estimate of drug-likeness (QED) is 0.683. The number of rotatable bonds is 9. The summed E-state index contributed by atoms with van der Waals surface area (Å²) in [6.07, 6.45) is -0.584. The minimum absolute atomic E-state index is 0.180. The highest BCUT2D eigenvalue weighted by Gasteiger charge is 2.18. The molecule has 24 heavy (non-hydrogen) atoms. The van der Waals surface area contributed by atoms with Crippen molar-refractivity contribution in [3.63, 3.8) is 0 Å². The number of amides is 2. The second kappa shape index (κ2) is 10.1. The van der Waals surface area contributed by atoms with Crippen LogP contribution in [-0.4, -0.2) is 88.6 Å². The van der Waals surface area contributed by atoms with Gasteiger partial charge in [0.25, 0.3) is 0 Å². The number of urea groups is 1. The SMILES string of the molecule is COCCOc1ccc(N(C)C(=O)N(C)C[C@H](O)CN(C)C)cc1. The van der Waals surface area contributed by atoms with E-state index in [-0.39, 0.29) is 12.6 Å². The van der Waals surface area contributed by atoms with E-state index in [1.165, 1.54) is 4.90 Å². The molecule has 1 N–H and O–H groups in total. The summed E-state index contributed by atoms with van der Waals surface area (Å²) in [5, 5.41) is 9.95. The normalized spacial score (nSPS) is 12.1. The third kappa shape index (κ3) is 6.74. The topological polar surface area (TPSA) is 65.5 Å². The zero-order valence-corrected chi connectivity index (χ0v) is 15.2. The lowest BCUT2D eigenvalue weighted by atomic mass is 10.3. The summed E-state index contributed by atoms with van der Waals surface area (Å²) in [6.45, 7) is 1.80. The Morgan fingerprint density at radius 3 is 2.25 bits per heavy atom. The molecule has 1 rings (SSSR count). The maximum absolute atomic E-state index is 12.4. The van der Waals surface area contributed by atoms with E-state index in [1.54, 1.807) is 26.1 Å². The van der Waals surface area contributed by atoms with Gasteiger partial charge in [0.1, 0.15) is 12.4 Å². The largest absolute Gasteiger partial charge is 0.491 e. The molecular weight excluding hydrogens is 310 g/mol. The molecule has 136 valence electrons. The molecule has 0 aliphatic rings. The third-order valence-corrected chi connectivity index (χ3v) is 3.45. The first-order valence-electron chi connectivity index (χ1n) is 7.88. The molecule has 7 heteroatoms. The number of benzene rings is 1. The molecule has 0 unspecified atom stereocenters. The Bertz CT molecular complexity index is 493. The number of hydrogen-bond donors (Lipinski definition) is 1. The van der Waals surface area contributed by atoms with Crippen LogP contribution in [0.3, 0.4) is 0 Å². The second-order valence-electron chi connectivity index (χ2n) is 5.97. The number of likely N-dealkylation sites (N-methyl/N-ethyl adjacent to an activating group) is 2. The van der Waals surface area contributed by atoms with Gasteiger partial charge in [-0.3, -0.25) is 4.90 Å². The Labute approximate surface area is 144 Å². The van der Waals surface area contributed by atoms with Gasteiger partial charge in [-0.05, 0) is 38.4 Å². The van der Waals surface area contributed by atoms with Gasteiger partial charge < -0.3 is 24.4 Å². The van der Waals surface area contributed by atoms with Crippen LogP contribution in [0.5, 0.6) is 5.75 Å². The molecule has 0 aliphatic carbocycles. The average Bonchev–Trinajstić information content (AvgIpc) is 2.53. The Hall–Kier alpha value is -1.83. The van der Waals surface area contributed by atoms with Crippen molar-refractivity contribution in [3.05, 3.63) is 24.3 Å². The molecule has 1 aromatic carbocycles. The van der Waals surface area contributed by atoms with E-state index in [0.29, 0.717) is 19.8 Å². The molecule has 0 spiro atoms. The first-order chi connectivity index (χ1) is 11.3. The van der Waals surface area contributed by atoms with E-state index >= 15 is 0 Å². The summed E-state index contributed by atoms with van der Waals surface area (Å²) >= 11 is 0. The summed E-state index contributed by atoms with van der Waals surface area (Å²) in [6, 6.07) is 7.10. The number of carbonyl (C=O) groups is 1. The molecule has 0 heterocycles. The summed E-state index contributed by atoms with van der Waals surface area (Å²) in [5.41, 5.74) is 0.757. The van der Waals surface area contributed by atoms with Crippen LogP contribution in [-0.2, 0) is 4.74 Å². The average molecular weight is 339 g/mol. The molecule has 0 radical (unpaired) electrons. The van der Waals surface area contributed by atoms with E-state index in [4.69, 9.17) is 9.47 Å². The van der Waals surface area contributed by atoms with E-state index in [2.05, 4.69) is 0 Å². The molecule has 0 saturated carbocycles. The number of carbonyl (C=O) groups excluding carboxylic acids is 1. The van der Waals surface area contributed by atoms with E-state index < -0.39 is 6.10 Å². The summed E-state index contributed by atoms with van der Waals surface area (Å²) in [4.78, 5) is 17.4. The molecule has 0 aliphatic heterocycles. The van der Waals surface area contributed by atoms with Gasteiger partial charge in [-0.25, -0.2) is 4.79 Å². The molecule has 0 aromatic heterocycles. The monoisotopic (exact) mass is 339 g/mol. The summed E-state index contributed by atoms with van der Waals surface area (Å²) in [7, 11) is 8.78. The lowest BCUT2D eigenvalue weighted by Crippen LogP contribution is -2.44. The van der Waals surface area contributed by atoms with Gasteiger partial charge in [0.05, 0.1) is 12.7 Å². The van der Waals surface area contributed by atoms with Crippen LogP contribution >= 0.6 is 0 Å². The molecule has 1 aromatic rings. The van der Waals surface area contributed by atoms with Gasteiger partial charge in [-0.2, -0.15) is 0 Å². The summed E-state index contributed by atoms with van der Waals surface area (Å²) < 4.78 is 10.4. The van der Waals surface area contributed by atoms with Crippen molar-refractivity contribution in [1.29, 1.82) is 0 Å². The minimum Gasteiger partial charge on any atom is -0.491 e. The number of methoxy groups -OCH3 is 1. The van der Waals surface area contributed by atoms with Crippen molar-refractivity contribution in [2.75, 3.05) is 66.5 Å². The van der Waals surface area contributed by atoms with E-state index in [0.717, 1.165) is 11.4 Å². The van der Waals surface area contributed by atoms with Gasteiger partial charge in [0, 0.05) is 40.0 Å². The Kier molecular flexibility index (Phi) is 8.53. The molecular formula is C17H29N3O4. The van der Waals surface area contributed by atoms with E-state index in [9.17, 15) is 9.90 Å². The number of ether oxygens (including phenoxy) is 2. The number of aliphatic hydroxyl groups excluding tert-OH is 1. The first kappa shape index (κ1) is 20.2. The Morgan fingerprint density at radius 2 is 1.71 bits per heavy atom. The fourth-order valence-corrected chi connectivity index (χ4v) is 2.25. The zero-order chi connectivity index (χ0) is 18.1. The predicted molar refractivity (Wildman–Crippen MR) is 94.8 cm³/mol. The maximum Gasteiger partial charge on any atom is 0.324 e. The lowest BCUT2D eigenvalue weighted by molar-refractivity contribution is 0.107. The number of hydrogen-bond acceptors (Lipinski definition) is 5. The maximum atomic E-state index is 12.4. The number of anilines is 1. The zero-order valence-electron chi connectivity index (χ0n) is 15.2. The van der Waals surface area contributed by atoms with Gasteiger partial charge in [-0.15, -0.1) is 0 Å². The van der Waals surface area contributed by atoms with Crippen molar-refractivity contribution in [2.24, 2.45) is 0 Å². The Morgan fingerprint density at radius 1 is 1.08 bits per heavy atom. The van der Waals surface area contributed by atoms with Crippen molar-refractivity contribution in [3.8, 4) is 5.75 Å². The molecule has 2 amide bonds. The molecule has 0 fully saturated rings. The number of aliphatic hydroxyl groups is 1. The van der Waals surface area contributed by atoms with Gasteiger partial charge in [0.15, 0.2) is 0 Å². The summed E-state index contributed by atoms with van der Waals surface area (Å²) in [5.74, 6) is 0.728. The van der Waals surface area contributed by atoms with Crippen LogP contribution in [0.2, 0.25) is 0 Å². The standard InChI is InChI=1S/C17H29N3O4/c1-18(2)12-15(21)13-19(3)17(22)20(4)14-6-8-16(9-7-14)24-11-10-23-5/h6-9,15,21H,10-13H2,1-5H3/t15-/m1/s1. The first-order valence-corrected chi connectivity index (χ1v) is 7.88. The molecule has 0 saturated heterocycles. The van der Waals surface area contributed by atoms with Gasteiger partial charge >= 0.3 is 6.03 Å². The smallest absolute Gasteiger partial charge is 0.324 e. The van der Waals surface area contributed by atoms with Crippen molar-refractivity contribution in [1.82, 2.24) is 9.80 Å². The fourth-order valence-electron chi connectivity index (χ4n) is 2.25.